The molecule has 2 heterocycles. The first-order chi connectivity index (χ1) is 14.6. The van der Waals surface area contributed by atoms with E-state index in [0.717, 1.165) is 29.7 Å². The SMILES string of the molecule is O=C(CN1C(=O)[C@@H](C(=O)N2CCCC2)Sc2ccccc21)NCCc1ccccc1. The van der Waals surface area contributed by atoms with E-state index in [2.05, 4.69) is 5.32 Å². The number of hydrogen-bond acceptors (Lipinski definition) is 4. The maximum absolute atomic E-state index is 13.2. The molecule has 0 radical (unpaired) electrons. The van der Waals surface area contributed by atoms with Crippen molar-refractivity contribution in [3.05, 3.63) is 60.2 Å². The minimum atomic E-state index is -0.824. The molecule has 6 nitrogen and oxygen atoms in total. The van der Waals surface area contributed by atoms with E-state index in [1.165, 1.54) is 16.7 Å². The molecule has 0 unspecified atom stereocenters. The van der Waals surface area contributed by atoms with Crippen LogP contribution in [0.25, 0.3) is 0 Å². The zero-order valence-electron chi connectivity index (χ0n) is 16.8. The fourth-order valence-electron chi connectivity index (χ4n) is 3.83. The van der Waals surface area contributed by atoms with Gasteiger partial charge in [-0.25, -0.2) is 0 Å². The van der Waals surface area contributed by atoms with Gasteiger partial charge >= 0.3 is 0 Å². The molecular formula is C23H25N3O3S. The number of hydrogen-bond donors (Lipinski definition) is 1. The first-order valence-electron chi connectivity index (χ1n) is 10.3. The van der Waals surface area contributed by atoms with Gasteiger partial charge in [0.05, 0.1) is 5.69 Å². The Morgan fingerprint density at radius 2 is 1.70 bits per heavy atom. The highest BCUT2D eigenvalue weighted by molar-refractivity contribution is 8.01. The third-order valence-corrected chi connectivity index (χ3v) is 6.65. The third-order valence-electron chi connectivity index (χ3n) is 5.41. The van der Waals surface area contributed by atoms with Gasteiger partial charge in [0.25, 0.3) is 5.91 Å². The Balaban J connectivity index is 1.44. The molecule has 156 valence electrons. The summed E-state index contributed by atoms with van der Waals surface area (Å²) in [5.74, 6) is -0.686. The monoisotopic (exact) mass is 423 g/mol. The lowest BCUT2D eigenvalue weighted by Crippen LogP contribution is -2.51. The van der Waals surface area contributed by atoms with Crippen LogP contribution in [0.1, 0.15) is 18.4 Å². The molecule has 2 aliphatic heterocycles. The number of carbonyl (C=O) groups is 3. The van der Waals surface area contributed by atoms with Crippen LogP contribution in [0.3, 0.4) is 0 Å². The summed E-state index contributed by atoms with van der Waals surface area (Å²) in [6.45, 7) is 1.81. The Hall–Kier alpha value is -2.80. The van der Waals surface area contributed by atoms with Crippen molar-refractivity contribution in [2.24, 2.45) is 0 Å². The first-order valence-corrected chi connectivity index (χ1v) is 11.2. The number of amides is 3. The Morgan fingerprint density at radius 1 is 1.00 bits per heavy atom. The average Bonchev–Trinajstić information content (AvgIpc) is 3.31. The van der Waals surface area contributed by atoms with E-state index in [0.29, 0.717) is 25.3 Å². The molecule has 0 aromatic heterocycles. The lowest BCUT2D eigenvalue weighted by atomic mass is 10.1. The van der Waals surface area contributed by atoms with Crippen LogP contribution in [0.15, 0.2) is 59.5 Å². The van der Waals surface area contributed by atoms with Crippen molar-refractivity contribution in [1.82, 2.24) is 10.2 Å². The van der Waals surface area contributed by atoms with Crippen LogP contribution >= 0.6 is 11.8 Å². The van der Waals surface area contributed by atoms with Gasteiger partial charge in [-0.3, -0.25) is 14.4 Å². The van der Waals surface area contributed by atoms with Crippen LogP contribution < -0.4 is 10.2 Å². The smallest absolute Gasteiger partial charge is 0.250 e. The minimum Gasteiger partial charge on any atom is -0.354 e. The fraction of sp³-hybridized carbons (Fsp3) is 0.348. The van der Waals surface area contributed by atoms with Crippen molar-refractivity contribution in [3.63, 3.8) is 0 Å². The molecule has 2 aliphatic rings. The lowest BCUT2D eigenvalue weighted by Gasteiger charge is -2.34. The van der Waals surface area contributed by atoms with E-state index in [-0.39, 0.29) is 24.3 Å². The second-order valence-electron chi connectivity index (χ2n) is 7.51. The van der Waals surface area contributed by atoms with Crippen molar-refractivity contribution in [1.29, 1.82) is 0 Å². The molecule has 2 aromatic carbocycles. The number of carbonyl (C=O) groups excluding carboxylic acids is 3. The van der Waals surface area contributed by atoms with Gasteiger partial charge in [0.15, 0.2) is 5.25 Å². The largest absolute Gasteiger partial charge is 0.354 e. The molecule has 0 aliphatic carbocycles. The number of nitrogens with zero attached hydrogens (tertiary/aromatic N) is 2. The molecule has 0 spiro atoms. The number of likely N-dealkylation sites (tertiary alicyclic amines) is 1. The van der Waals surface area contributed by atoms with E-state index in [1.807, 2.05) is 54.6 Å². The zero-order chi connectivity index (χ0) is 20.9. The van der Waals surface area contributed by atoms with Gasteiger partial charge < -0.3 is 15.1 Å². The molecule has 7 heteroatoms. The quantitative estimate of drug-likeness (QED) is 0.725. The molecule has 1 fully saturated rings. The third kappa shape index (κ3) is 4.51. The van der Waals surface area contributed by atoms with Gasteiger partial charge in [0.2, 0.25) is 11.8 Å². The molecular weight excluding hydrogens is 398 g/mol. The molecule has 1 saturated heterocycles. The number of para-hydroxylation sites is 1. The van der Waals surface area contributed by atoms with Crippen LogP contribution in [-0.4, -0.2) is 54.1 Å². The molecule has 0 saturated carbocycles. The standard InChI is InChI=1S/C23H25N3O3S/c27-20(24-13-12-17-8-2-1-3-9-17)16-26-18-10-4-5-11-19(18)30-21(23(26)29)22(28)25-14-6-7-15-25/h1-5,8-11,21H,6-7,12-16H2,(H,24,27)/t21-/m1/s1. The van der Waals surface area contributed by atoms with Gasteiger partial charge in [-0.05, 0) is 37.0 Å². The summed E-state index contributed by atoms with van der Waals surface area (Å²) in [6, 6.07) is 17.4. The van der Waals surface area contributed by atoms with Crippen LogP contribution in [0.2, 0.25) is 0 Å². The molecule has 4 rings (SSSR count). The van der Waals surface area contributed by atoms with Gasteiger partial charge in [0.1, 0.15) is 6.54 Å². The summed E-state index contributed by atoms with van der Waals surface area (Å²) in [6.07, 6.45) is 2.67. The van der Waals surface area contributed by atoms with E-state index in [1.54, 1.807) is 4.90 Å². The van der Waals surface area contributed by atoms with Crippen LogP contribution in [0.4, 0.5) is 5.69 Å². The zero-order valence-corrected chi connectivity index (χ0v) is 17.6. The van der Waals surface area contributed by atoms with Crippen LogP contribution in [0, 0.1) is 0 Å². The van der Waals surface area contributed by atoms with Crippen molar-refractivity contribution in [2.75, 3.05) is 31.1 Å². The van der Waals surface area contributed by atoms with Crippen LogP contribution in [-0.2, 0) is 20.8 Å². The van der Waals surface area contributed by atoms with Gasteiger partial charge in [0, 0.05) is 24.5 Å². The number of nitrogens with one attached hydrogen (secondary N) is 1. The number of benzene rings is 2. The molecule has 2 aromatic rings. The number of anilines is 1. The number of thioether (sulfide) groups is 1. The summed E-state index contributed by atoms with van der Waals surface area (Å²) in [4.78, 5) is 42.8. The Kier molecular flexibility index (Phi) is 6.38. The lowest BCUT2D eigenvalue weighted by molar-refractivity contribution is -0.134. The second kappa shape index (κ2) is 9.34. The molecule has 1 N–H and O–H groups in total. The summed E-state index contributed by atoms with van der Waals surface area (Å²) in [7, 11) is 0. The van der Waals surface area contributed by atoms with Crippen LogP contribution in [0.5, 0.6) is 0 Å². The first kappa shape index (κ1) is 20.5. The predicted octanol–water partition coefficient (Wildman–Crippen LogP) is 2.48. The Morgan fingerprint density at radius 3 is 2.47 bits per heavy atom. The summed E-state index contributed by atoms with van der Waals surface area (Å²) < 4.78 is 0. The van der Waals surface area contributed by atoms with Crippen molar-refractivity contribution in [3.8, 4) is 0 Å². The summed E-state index contributed by atoms with van der Waals surface area (Å²) in [5, 5.41) is 2.07. The van der Waals surface area contributed by atoms with E-state index in [9.17, 15) is 14.4 Å². The Labute approximate surface area is 180 Å². The second-order valence-corrected chi connectivity index (χ2v) is 8.65. The van der Waals surface area contributed by atoms with Gasteiger partial charge in [-0.1, -0.05) is 42.5 Å². The number of fused-ring (bicyclic) bond motifs is 1. The van der Waals surface area contributed by atoms with Crippen molar-refractivity contribution >= 4 is 35.2 Å². The predicted molar refractivity (Wildman–Crippen MR) is 117 cm³/mol. The normalized spacial score (nSPS) is 18.3. The van der Waals surface area contributed by atoms with E-state index < -0.39 is 5.25 Å². The molecule has 0 bridgehead atoms. The molecule has 30 heavy (non-hydrogen) atoms. The van der Waals surface area contributed by atoms with E-state index in [4.69, 9.17) is 0 Å². The maximum atomic E-state index is 13.2. The van der Waals surface area contributed by atoms with Crippen molar-refractivity contribution in [2.45, 2.75) is 29.4 Å². The Bertz CT molecular complexity index is 928. The highest BCUT2D eigenvalue weighted by Gasteiger charge is 2.41. The van der Waals surface area contributed by atoms with Gasteiger partial charge in [-0.2, -0.15) is 0 Å². The highest BCUT2D eigenvalue weighted by atomic mass is 32.2. The topological polar surface area (TPSA) is 69.7 Å². The fourth-order valence-corrected chi connectivity index (χ4v) is 5.02. The highest BCUT2D eigenvalue weighted by Crippen LogP contribution is 2.39. The molecule has 1 atom stereocenters. The average molecular weight is 424 g/mol. The number of rotatable bonds is 6. The maximum Gasteiger partial charge on any atom is 0.250 e. The van der Waals surface area contributed by atoms with Gasteiger partial charge in [-0.15, -0.1) is 11.8 Å². The van der Waals surface area contributed by atoms with E-state index >= 15 is 0 Å². The molecule has 3 amide bonds. The summed E-state index contributed by atoms with van der Waals surface area (Å²) in [5.41, 5.74) is 1.83. The minimum absolute atomic E-state index is 0.0883. The van der Waals surface area contributed by atoms with Crippen molar-refractivity contribution < 1.29 is 14.4 Å². The summed E-state index contributed by atoms with van der Waals surface area (Å²) >= 11 is 1.29.